The Labute approximate surface area is 103 Å². The average molecular weight is 234 g/mol. The Bertz CT molecular complexity index is 359. The van der Waals surface area contributed by atoms with Crippen LogP contribution < -0.4 is 11.1 Å². The SMILES string of the molecule is Cc1cc(N)ccc1NCCC1CCCCO1. The number of rotatable bonds is 4. The van der Waals surface area contributed by atoms with Crippen LogP contribution in [0, 0.1) is 6.92 Å². The van der Waals surface area contributed by atoms with Crippen molar-refractivity contribution >= 4 is 11.4 Å². The van der Waals surface area contributed by atoms with Crippen LogP contribution in [-0.2, 0) is 4.74 Å². The number of nitrogens with one attached hydrogen (secondary N) is 1. The lowest BCUT2D eigenvalue weighted by Gasteiger charge is -2.23. The Kier molecular flexibility index (Phi) is 4.26. The van der Waals surface area contributed by atoms with E-state index < -0.39 is 0 Å². The zero-order chi connectivity index (χ0) is 12.1. The normalized spacial score (nSPS) is 20.2. The van der Waals surface area contributed by atoms with E-state index in [1.165, 1.54) is 30.5 Å². The van der Waals surface area contributed by atoms with E-state index in [9.17, 15) is 0 Å². The van der Waals surface area contributed by atoms with Gasteiger partial charge in [0.15, 0.2) is 0 Å². The van der Waals surface area contributed by atoms with Crippen molar-refractivity contribution in [2.75, 3.05) is 24.2 Å². The molecule has 0 aromatic heterocycles. The minimum Gasteiger partial charge on any atom is -0.399 e. The van der Waals surface area contributed by atoms with Crippen LogP contribution in [0.4, 0.5) is 11.4 Å². The van der Waals surface area contributed by atoms with Crippen molar-refractivity contribution in [2.45, 2.75) is 38.7 Å². The van der Waals surface area contributed by atoms with Gasteiger partial charge in [0.2, 0.25) is 0 Å². The van der Waals surface area contributed by atoms with Crippen LogP contribution in [0.1, 0.15) is 31.2 Å². The van der Waals surface area contributed by atoms with Crippen LogP contribution in [0.15, 0.2) is 18.2 Å². The van der Waals surface area contributed by atoms with Gasteiger partial charge in [0, 0.05) is 24.5 Å². The summed E-state index contributed by atoms with van der Waals surface area (Å²) < 4.78 is 5.71. The first kappa shape index (κ1) is 12.2. The highest BCUT2D eigenvalue weighted by Crippen LogP contribution is 2.19. The molecule has 0 radical (unpaired) electrons. The molecule has 3 heteroatoms. The molecule has 0 saturated carbocycles. The van der Waals surface area contributed by atoms with E-state index in [0.29, 0.717) is 6.10 Å². The van der Waals surface area contributed by atoms with Crippen molar-refractivity contribution in [2.24, 2.45) is 0 Å². The Hall–Kier alpha value is -1.22. The molecule has 3 N–H and O–H groups in total. The van der Waals surface area contributed by atoms with Crippen LogP contribution in [-0.4, -0.2) is 19.3 Å². The third-order valence-electron chi connectivity index (χ3n) is 3.31. The highest BCUT2D eigenvalue weighted by atomic mass is 16.5. The summed E-state index contributed by atoms with van der Waals surface area (Å²) >= 11 is 0. The molecule has 1 aliphatic rings. The quantitative estimate of drug-likeness (QED) is 0.787. The molecule has 1 unspecified atom stereocenters. The standard InChI is InChI=1S/C14H22N2O/c1-11-10-12(15)5-6-14(11)16-8-7-13-4-2-3-9-17-13/h5-6,10,13,16H,2-4,7-9,15H2,1H3. The molecule has 1 aliphatic heterocycles. The van der Waals surface area contributed by atoms with E-state index in [0.717, 1.165) is 25.3 Å². The minimum atomic E-state index is 0.449. The number of nitrogen functional groups attached to an aromatic ring is 1. The van der Waals surface area contributed by atoms with Crippen LogP contribution in [0.2, 0.25) is 0 Å². The Morgan fingerprint density at radius 1 is 1.41 bits per heavy atom. The molecule has 1 aromatic carbocycles. The predicted molar refractivity (Wildman–Crippen MR) is 72.3 cm³/mol. The lowest BCUT2D eigenvalue weighted by Crippen LogP contribution is -2.22. The van der Waals surface area contributed by atoms with Gasteiger partial charge in [0.1, 0.15) is 0 Å². The number of hydrogen-bond donors (Lipinski definition) is 2. The highest BCUT2D eigenvalue weighted by molar-refractivity contribution is 5.57. The van der Waals surface area contributed by atoms with E-state index in [2.05, 4.69) is 12.2 Å². The van der Waals surface area contributed by atoms with Gasteiger partial charge in [-0.3, -0.25) is 0 Å². The average Bonchev–Trinajstić information content (AvgIpc) is 2.33. The van der Waals surface area contributed by atoms with E-state index in [1.807, 2.05) is 18.2 Å². The maximum Gasteiger partial charge on any atom is 0.0591 e. The van der Waals surface area contributed by atoms with Crippen LogP contribution in [0.25, 0.3) is 0 Å². The largest absolute Gasteiger partial charge is 0.399 e. The summed E-state index contributed by atoms with van der Waals surface area (Å²) in [6.45, 7) is 3.98. The molecule has 17 heavy (non-hydrogen) atoms. The van der Waals surface area contributed by atoms with Gasteiger partial charge < -0.3 is 15.8 Å². The summed E-state index contributed by atoms with van der Waals surface area (Å²) in [5.74, 6) is 0. The second kappa shape index (κ2) is 5.92. The fourth-order valence-corrected chi connectivity index (χ4v) is 2.29. The van der Waals surface area contributed by atoms with Gasteiger partial charge in [-0.15, -0.1) is 0 Å². The molecule has 0 amide bonds. The first-order valence-electron chi connectivity index (χ1n) is 6.47. The second-order valence-corrected chi connectivity index (χ2v) is 4.78. The van der Waals surface area contributed by atoms with E-state index in [1.54, 1.807) is 0 Å². The maximum absolute atomic E-state index is 5.73. The van der Waals surface area contributed by atoms with E-state index in [4.69, 9.17) is 10.5 Å². The molecule has 3 nitrogen and oxygen atoms in total. The molecule has 94 valence electrons. The van der Waals surface area contributed by atoms with Gasteiger partial charge in [-0.2, -0.15) is 0 Å². The lowest BCUT2D eigenvalue weighted by molar-refractivity contribution is 0.0134. The molecule has 1 fully saturated rings. The Morgan fingerprint density at radius 2 is 2.29 bits per heavy atom. The maximum atomic E-state index is 5.73. The number of aryl methyl sites for hydroxylation is 1. The van der Waals surface area contributed by atoms with E-state index >= 15 is 0 Å². The van der Waals surface area contributed by atoms with Gasteiger partial charge in [-0.05, 0) is 56.4 Å². The Morgan fingerprint density at radius 3 is 3.00 bits per heavy atom. The van der Waals surface area contributed by atoms with Gasteiger partial charge in [-0.25, -0.2) is 0 Å². The van der Waals surface area contributed by atoms with Gasteiger partial charge >= 0.3 is 0 Å². The van der Waals surface area contributed by atoms with Gasteiger partial charge in [-0.1, -0.05) is 0 Å². The van der Waals surface area contributed by atoms with E-state index in [-0.39, 0.29) is 0 Å². The number of benzene rings is 1. The van der Waals surface area contributed by atoms with Gasteiger partial charge in [0.25, 0.3) is 0 Å². The lowest BCUT2D eigenvalue weighted by atomic mass is 10.1. The zero-order valence-corrected chi connectivity index (χ0v) is 10.5. The topological polar surface area (TPSA) is 47.3 Å². The van der Waals surface area contributed by atoms with Crippen molar-refractivity contribution in [1.82, 2.24) is 0 Å². The van der Waals surface area contributed by atoms with Crippen LogP contribution in [0.5, 0.6) is 0 Å². The Balaban J connectivity index is 1.77. The molecule has 1 atom stereocenters. The summed E-state index contributed by atoms with van der Waals surface area (Å²) in [5.41, 5.74) is 8.93. The third kappa shape index (κ3) is 3.63. The molecule has 1 aromatic rings. The minimum absolute atomic E-state index is 0.449. The fourth-order valence-electron chi connectivity index (χ4n) is 2.29. The number of hydrogen-bond acceptors (Lipinski definition) is 3. The third-order valence-corrected chi connectivity index (χ3v) is 3.31. The summed E-state index contributed by atoms with van der Waals surface area (Å²) in [6.07, 6.45) is 5.28. The van der Waals surface area contributed by atoms with Crippen molar-refractivity contribution in [3.63, 3.8) is 0 Å². The molecular weight excluding hydrogens is 212 g/mol. The van der Waals surface area contributed by atoms with Gasteiger partial charge in [0.05, 0.1) is 6.10 Å². The zero-order valence-electron chi connectivity index (χ0n) is 10.5. The molecule has 1 saturated heterocycles. The number of ether oxygens (including phenoxy) is 1. The smallest absolute Gasteiger partial charge is 0.0591 e. The molecule has 0 aliphatic carbocycles. The fraction of sp³-hybridized carbons (Fsp3) is 0.571. The molecule has 2 rings (SSSR count). The first-order valence-corrected chi connectivity index (χ1v) is 6.47. The predicted octanol–water partition coefficient (Wildman–Crippen LogP) is 2.95. The van der Waals surface area contributed by atoms with Crippen molar-refractivity contribution in [3.05, 3.63) is 23.8 Å². The van der Waals surface area contributed by atoms with Crippen molar-refractivity contribution in [1.29, 1.82) is 0 Å². The molecule has 0 bridgehead atoms. The number of anilines is 2. The van der Waals surface area contributed by atoms with Crippen LogP contribution in [0.3, 0.4) is 0 Å². The molecule has 1 heterocycles. The highest BCUT2D eigenvalue weighted by Gasteiger charge is 2.12. The molecule has 0 spiro atoms. The number of nitrogens with two attached hydrogens (primary N) is 1. The first-order chi connectivity index (χ1) is 8.25. The summed E-state index contributed by atoms with van der Waals surface area (Å²) in [6, 6.07) is 5.98. The monoisotopic (exact) mass is 234 g/mol. The van der Waals surface area contributed by atoms with Crippen LogP contribution >= 0.6 is 0 Å². The summed E-state index contributed by atoms with van der Waals surface area (Å²) in [7, 11) is 0. The van der Waals surface area contributed by atoms with Crippen molar-refractivity contribution < 1.29 is 4.74 Å². The second-order valence-electron chi connectivity index (χ2n) is 4.78. The molecular formula is C14H22N2O. The summed E-state index contributed by atoms with van der Waals surface area (Å²) in [5, 5.41) is 3.45. The summed E-state index contributed by atoms with van der Waals surface area (Å²) in [4.78, 5) is 0. The van der Waals surface area contributed by atoms with Crippen molar-refractivity contribution in [3.8, 4) is 0 Å².